The van der Waals surface area contributed by atoms with Crippen LogP contribution in [0.4, 0.5) is 14.7 Å². The Hall–Kier alpha value is -2.58. The highest BCUT2D eigenvalue weighted by atomic mass is 19.3. The lowest BCUT2D eigenvalue weighted by Crippen LogP contribution is -2.58. The Balaban J connectivity index is 1.16. The molecule has 0 unspecified atom stereocenters. The van der Waals surface area contributed by atoms with Crippen LogP contribution in [-0.2, 0) is 9.59 Å². The molecule has 0 bridgehead atoms. The number of nitrogens with zero attached hydrogens (tertiary/aromatic N) is 4. The molecule has 1 aliphatic heterocycles. The summed E-state index contributed by atoms with van der Waals surface area (Å²) >= 11 is 0. The topological polar surface area (TPSA) is 79.6 Å². The van der Waals surface area contributed by atoms with E-state index in [0.29, 0.717) is 24.7 Å². The summed E-state index contributed by atoms with van der Waals surface area (Å²) in [5.41, 5.74) is 1.76. The van der Waals surface area contributed by atoms with Gasteiger partial charge in [0.25, 0.3) is 5.92 Å². The summed E-state index contributed by atoms with van der Waals surface area (Å²) in [4.78, 5) is 30.3. The molecule has 0 radical (unpaired) electrons. The highest BCUT2D eigenvalue weighted by Crippen LogP contribution is 2.55. The number of fused-ring (bicyclic) bond motifs is 1. The number of carbonyl (C=O) groups is 2. The fraction of sp³-hybridized carbons (Fsp3) is 0.619. The predicted octanol–water partition coefficient (Wildman–Crippen LogP) is 2.83. The second-order valence-corrected chi connectivity index (χ2v) is 9.57. The zero-order valence-corrected chi connectivity index (χ0v) is 16.5. The smallest absolute Gasteiger partial charge is 0.260 e. The van der Waals surface area contributed by atoms with Crippen molar-refractivity contribution in [2.45, 2.75) is 50.4 Å². The molecule has 1 N–H and O–H groups in total. The van der Waals surface area contributed by atoms with E-state index in [1.165, 1.54) is 0 Å². The minimum atomic E-state index is -2.80. The third-order valence-corrected chi connectivity index (χ3v) is 7.18. The number of anilines is 1. The van der Waals surface area contributed by atoms with E-state index in [1.807, 2.05) is 18.2 Å². The Morgan fingerprint density at radius 2 is 1.90 bits per heavy atom. The van der Waals surface area contributed by atoms with Gasteiger partial charge in [0, 0.05) is 42.5 Å². The SMILES string of the molecule is O=C(Nc1nc2cccc([C@@H]3CCC4(C3)CN(C(=O)[C@@H]3CC3(F)F)C4)n2n1)C1CC1. The van der Waals surface area contributed by atoms with Crippen LogP contribution in [0.2, 0.25) is 0 Å². The molecular formula is C21H23F2N5O2. The van der Waals surface area contributed by atoms with E-state index < -0.39 is 11.8 Å². The van der Waals surface area contributed by atoms with Gasteiger partial charge in [-0.25, -0.2) is 13.3 Å². The molecule has 3 aliphatic carbocycles. The third-order valence-electron chi connectivity index (χ3n) is 7.18. The Labute approximate surface area is 171 Å². The van der Waals surface area contributed by atoms with Crippen LogP contribution in [0.15, 0.2) is 18.2 Å². The molecule has 3 saturated carbocycles. The van der Waals surface area contributed by atoms with Crippen LogP contribution in [-0.4, -0.2) is 50.3 Å². The van der Waals surface area contributed by atoms with Gasteiger partial charge in [-0.2, -0.15) is 4.98 Å². The normalized spacial score (nSPS) is 28.5. The molecule has 2 aromatic heterocycles. The number of alkyl halides is 2. The maximum Gasteiger partial charge on any atom is 0.260 e. The molecule has 0 aromatic carbocycles. The molecule has 30 heavy (non-hydrogen) atoms. The lowest BCUT2D eigenvalue weighted by Gasteiger charge is -2.48. The first-order valence-corrected chi connectivity index (χ1v) is 10.7. The van der Waals surface area contributed by atoms with Crippen molar-refractivity contribution in [2.24, 2.45) is 17.3 Å². The number of nitrogens with one attached hydrogen (secondary N) is 1. The van der Waals surface area contributed by atoms with Gasteiger partial charge in [0.05, 0.1) is 0 Å². The van der Waals surface area contributed by atoms with Gasteiger partial charge < -0.3 is 4.90 Å². The number of hydrogen-bond donors (Lipinski definition) is 1. The maximum absolute atomic E-state index is 13.2. The molecular weight excluding hydrogens is 392 g/mol. The van der Waals surface area contributed by atoms with Crippen molar-refractivity contribution in [1.82, 2.24) is 19.5 Å². The Morgan fingerprint density at radius 1 is 1.13 bits per heavy atom. The van der Waals surface area contributed by atoms with Gasteiger partial charge in [-0.15, -0.1) is 5.10 Å². The lowest BCUT2D eigenvalue weighted by molar-refractivity contribution is -0.147. The highest BCUT2D eigenvalue weighted by Gasteiger charge is 2.64. The number of likely N-dealkylation sites (tertiary alicyclic amines) is 1. The van der Waals surface area contributed by atoms with E-state index in [9.17, 15) is 18.4 Å². The first-order chi connectivity index (χ1) is 14.3. The molecule has 158 valence electrons. The number of pyridine rings is 1. The monoisotopic (exact) mass is 415 g/mol. The largest absolute Gasteiger partial charge is 0.341 e. The van der Waals surface area contributed by atoms with Crippen LogP contribution < -0.4 is 5.32 Å². The number of aromatic nitrogens is 3. The van der Waals surface area contributed by atoms with E-state index in [0.717, 1.165) is 37.8 Å². The van der Waals surface area contributed by atoms with E-state index in [1.54, 1.807) is 9.42 Å². The summed E-state index contributed by atoms with van der Waals surface area (Å²) in [6, 6.07) is 5.85. The Bertz CT molecular complexity index is 1060. The first-order valence-electron chi connectivity index (χ1n) is 10.7. The number of hydrogen-bond acceptors (Lipinski definition) is 4. The number of carbonyl (C=O) groups excluding carboxylic acids is 2. The molecule has 2 atom stereocenters. The van der Waals surface area contributed by atoms with Crippen molar-refractivity contribution < 1.29 is 18.4 Å². The van der Waals surface area contributed by atoms with Gasteiger partial charge in [-0.1, -0.05) is 6.07 Å². The zero-order chi connectivity index (χ0) is 20.7. The standard InChI is InChI=1S/C21H23F2N5O2/c22-21(23)9-14(21)18(30)27-10-20(11-27)7-6-13(8-20)15-2-1-3-16-24-19(26-28(15)16)25-17(29)12-4-5-12/h1-3,12-14H,4-11H2,(H,25,26,29)/t13-,14+/m1/s1. The average molecular weight is 415 g/mol. The highest BCUT2D eigenvalue weighted by molar-refractivity contribution is 5.92. The van der Waals surface area contributed by atoms with Crippen LogP contribution in [0.3, 0.4) is 0 Å². The summed E-state index contributed by atoms with van der Waals surface area (Å²) in [5, 5.41) is 7.32. The lowest BCUT2D eigenvalue weighted by atomic mass is 9.77. The van der Waals surface area contributed by atoms with Crippen molar-refractivity contribution >= 4 is 23.4 Å². The summed E-state index contributed by atoms with van der Waals surface area (Å²) in [6.45, 7) is 1.15. The fourth-order valence-corrected chi connectivity index (χ4v) is 5.21. The number of amides is 2. The number of rotatable bonds is 4. The average Bonchev–Trinajstić information content (AvgIpc) is 3.53. The predicted molar refractivity (Wildman–Crippen MR) is 103 cm³/mol. The summed E-state index contributed by atoms with van der Waals surface area (Å²) < 4.78 is 28.2. The second kappa shape index (κ2) is 5.98. The van der Waals surface area contributed by atoms with Gasteiger partial charge in [0.15, 0.2) is 5.65 Å². The van der Waals surface area contributed by atoms with Crippen LogP contribution in [0.25, 0.3) is 5.65 Å². The van der Waals surface area contributed by atoms with Crippen molar-refractivity contribution in [3.63, 3.8) is 0 Å². The van der Waals surface area contributed by atoms with Crippen LogP contribution in [0, 0.1) is 17.3 Å². The van der Waals surface area contributed by atoms with E-state index in [-0.39, 0.29) is 35.5 Å². The summed E-state index contributed by atoms with van der Waals surface area (Å²) in [6.07, 6.45) is 4.38. The second-order valence-electron chi connectivity index (χ2n) is 9.57. The van der Waals surface area contributed by atoms with Crippen molar-refractivity contribution in [1.29, 1.82) is 0 Å². The molecule has 7 nitrogen and oxygen atoms in total. The molecule has 1 spiro atoms. The van der Waals surface area contributed by atoms with Gasteiger partial charge in [0.1, 0.15) is 5.92 Å². The maximum atomic E-state index is 13.2. The molecule has 2 aromatic rings. The van der Waals surface area contributed by atoms with E-state index in [4.69, 9.17) is 0 Å². The summed E-state index contributed by atoms with van der Waals surface area (Å²) in [7, 11) is 0. The zero-order valence-electron chi connectivity index (χ0n) is 16.5. The Kier molecular flexibility index (Phi) is 3.63. The first kappa shape index (κ1) is 18.2. The molecule has 9 heteroatoms. The molecule has 1 saturated heterocycles. The molecule has 3 heterocycles. The van der Waals surface area contributed by atoms with Crippen LogP contribution in [0.1, 0.15) is 50.1 Å². The molecule has 6 rings (SSSR count). The quantitative estimate of drug-likeness (QED) is 0.833. The van der Waals surface area contributed by atoms with Gasteiger partial charge in [-0.3, -0.25) is 14.9 Å². The van der Waals surface area contributed by atoms with Gasteiger partial charge >= 0.3 is 0 Å². The van der Waals surface area contributed by atoms with Gasteiger partial charge in [-0.05, 0) is 44.2 Å². The summed E-state index contributed by atoms with van der Waals surface area (Å²) in [5.74, 6) is -3.62. The van der Waals surface area contributed by atoms with Gasteiger partial charge in [0.2, 0.25) is 17.8 Å². The van der Waals surface area contributed by atoms with Crippen molar-refractivity contribution in [2.75, 3.05) is 18.4 Å². The Morgan fingerprint density at radius 3 is 2.60 bits per heavy atom. The van der Waals surface area contributed by atoms with Crippen LogP contribution in [0.5, 0.6) is 0 Å². The minimum Gasteiger partial charge on any atom is -0.341 e. The third kappa shape index (κ3) is 2.89. The van der Waals surface area contributed by atoms with E-state index in [2.05, 4.69) is 15.4 Å². The molecule has 4 fully saturated rings. The molecule has 2 amide bonds. The van der Waals surface area contributed by atoms with Crippen LogP contribution >= 0.6 is 0 Å². The fourth-order valence-electron chi connectivity index (χ4n) is 5.21. The molecule has 4 aliphatic rings. The van der Waals surface area contributed by atoms with E-state index >= 15 is 0 Å². The minimum absolute atomic E-state index is 0.0206. The van der Waals surface area contributed by atoms with Crippen molar-refractivity contribution in [3.8, 4) is 0 Å². The van der Waals surface area contributed by atoms with Crippen molar-refractivity contribution in [3.05, 3.63) is 23.9 Å². The number of halogens is 2.